The molecule has 1 aromatic carbocycles. The predicted molar refractivity (Wildman–Crippen MR) is 51.8 cm³/mol. The Bertz CT molecular complexity index is 421. The lowest BCUT2D eigenvalue weighted by atomic mass is 10.0. The summed E-state index contributed by atoms with van der Waals surface area (Å²) in [6.45, 7) is -0.118. The maximum Gasteiger partial charge on any atom is 0.417 e. The SMILES string of the molecule is N#Cc1ccc(C(F)(F)F)c(Br)c1CN. The van der Waals surface area contributed by atoms with Crippen LogP contribution in [0.2, 0.25) is 0 Å². The topological polar surface area (TPSA) is 49.8 Å². The third kappa shape index (κ3) is 2.30. The van der Waals surface area contributed by atoms with Gasteiger partial charge in [0.25, 0.3) is 0 Å². The Balaban J connectivity index is 3.44. The summed E-state index contributed by atoms with van der Waals surface area (Å²) < 4.78 is 37.2. The molecule has 0 unspecified atom stereocenters. The van der Waals surface area contributed by atoms with Crippen molar-refractivity contribution >= 4 is 15.9 Å². The normalized spacial score (nSPS) is 11.2. The van der Waals surface area contributed by atoms with Crippen molar-refractivity contribution < 1.29 is 13.2 Å². The molecule has 0 bridgehead atoms. The van der Waals surface area contributed by atoms with Gasteiger partial charge in [-0.1, -0.05) is 0 Å². The minimum Gasteiger partial charge on any atom is -0.326 e. The Kier molecular flexibility index (Phi) is 3.37. The molecule has 0 radical (unpaired) electrons. The lowest BCUT2D eigenvalue weighted by Gasteiger charge is -2.12. The summed E-state index contributed by atoms with van der Waals surface area (Å²) in [5, 5.41) is 8.66. The number of nitrogens with zero attached hydrogens (tertiary/aromatic N) is 1. The summed E-state index contributed by atoms with van der Waals surface area (Å²) in [7, 11) is 0. The van der Waals surface area contributed by atoms with Crippen LogP contribution in [0.5, 0.6) is 0 Å². The first-order valence-electron chi connectivity index (χ1n) is 3.90. The fraction of sp³-hybridized carbons (Fsp3) is 0.222. The van der Waals surface area contributed by atoms with E-state index in [2.05, 4.69) is 15.9 Å². The van der Waals surface area contributed by atoms with Crippen LogP contribution in [0.15, 0.2) is 16.6 Å². The third-order valence-corrected chi connectivity index (χ3v) is 2.78. The van der Waals surface area contributed by atoms with Gasteiger partial charge in [0, 0.05) is 11.0 Å². The molecule has 15 heavy (non-hydrogen) atoms. The van der Waals surface area contributed by atoms with E-state index in [1.54, 1.807) is 6.07 Å². The molecular weight excluding hydrogens is 273 g/mol. The van der Waals surface area contributed by atoms with E-state index in [-0.39, 0.29) is 22.1 Å². The first-order valence-corrected chi connectivity index (χ1v) is 4.70. The smallest absolute Gasteiger partial charge is 0.326 e. The van der Waals surface area contributed by atoms with E-state index in [0.717, 1.165) is 12.1 Å². The summed E-state index contributed by atoms with van der Waals surface area (Å²) in [4.78, 5) is 0. The average Bonchev–Trinajstić information content (AvgIpc) is 2.15. The monoisotopic (exact) mass is 278 g/mol. The Labute approximate surface area is 92.6 Å². The molecule has 0 spiro atoms. The van der Waals surface area contributed by atoms with Crippen LogP contribution in [0.3, 0.4) is 0 Å². The summed E-state index contributed by atoms with van der Waals surface area (Å²) in [5.74, 6) is 0. The minimum absolute atomic E-state index is 0.118. The fourth-order valence-corrected chi connectivity index (χ4v) is 1.88. The maximum absolute atomic E-state index is 12.4. The summed E-state index contributed by atoms with van der Waals surface area (Å²) >= 11 is 2.82. The number of rotatable bonds is 1. The van der Waals surface area contributed by atoms with Crippen molar-refractivity contribution in [2.24, 2.45) is 5.73 Å². The molecule has 0 heterocycles. The molecule has 2 N–H and O–H groups in total. The van der Waals surface area contributed by atoms with Crippen molar-refractivity contribution in [3.05, 3.63) is 33.3 Å². The molecule has 6 heteroatoms. The van der Waals surface area contributed by atoms with Crippen molar-refractivity contribution in [3.63, 3.8) is 0 Å². The van der Waals surface area contributed by atoms with Gasteiger partial charge in [-0.3, -0.25) is 0 Å². The molecule has 2 nitrogen and oxygen atoms in total. The highest BCUT2D eigenvalue weighted by molar-refractivity contribution is 9.10. The summed E-state index contributed by atoms with van der Waals surface area (Å²) in [6, 6.07) is 3.77. The van der Waals surface area contributed by atoms with E-state index in [1.165, 1.54) is 0 Å². The molecule has 1 aromatic rings. The van der Waals surface area contributed by atoms with E-state index >= 15 is 0 Å². The van der Waals surface area contributed by atoms with Crippen LogP contribution >= 0.6 is 15.9 Å². The summed E-state index contributed by atoms with van der Waals surface area (Å²) in [5.41, 5.74) is 4.80. The third-order valence-electron chi connectivity index (χ3n) is 1.87. The minimum atomic E-state index is -4.45. The Hall–Kier alpha value is -1.06. The average molecular weight is 279 g/mol. The second-order valence-electron chi connectivity index (χ2n) is 2.77. The lowest BCUT2D eigenvalue weighted by Crippen LogP contribution is -2.10. The standard InChI is InChI=1S/C9H6BrF3N2/c10-8-6(4-15)5(3-14)1-2-7(8)9(11,12)13/h1-2H,4,15H2. The number of benzene rings is 1. The van der Waals surface area contributed by atoms with Crippen LogP contribution in [0.25, 0.3) is 0 Å². The highest BCUT2D eigenvalue weighted by Gasteiger charge is 2.34. The second-order valence-corrected chi connectivity index (χ2v) is 3.56. The maximum atomic E-state index is 12.4. The highest BCUT2D eigenvalue weighted by Crippen LogP contribution is 2.37. The quantitative estimate of drug-likeness (QED) is 0.859. The Morgan fingerprint density at radius 3 is 2.40 bits per heavy atom. The molecular formula is C9H6BrF3N2. The predicted octanol–water partition coefficient (Wildman–Crippen LogP) is 2.80. The lowest BCUT2D eigenvalue weighted by molar-refractivity contribution is -0.138. The van der Waals surface area contributed by atoms with Gasteiger partial charge in [0.2, 0.25) is 0 Å². The number of nitriles is 1. The molecule has 1 rings (SSSR count). The summed E-state index contributed by atoms with van der Waals surface area (Å²) in [6.07, 6.45) is -4.45. The molecule has 0 aliphatic heterocycles. The zero-order valence-electron chi connectivity index (χ0n) is 7.40. The van der Waals surface area contributed by atoms with Crippen molar-refractivity contribution in [1.29, 1.82) is 5.26 Å². The van der Waals surface area contributed by atoms with E-state index < -0.39 is 11.7 Å². The molecule has 0 aromatic heterocycles. The number of hydrogen-bond acceptors (Lipinski definition) is 2. The van der Waals surface area contributed by atoms with E-state index in [1.807, 2.05) is 0 Å². The van der Waals surface area contributed by atoms with Gasteiger partial charge >= 0.3 is 6.18 Å². The first kappa shape index (κ1) is 12.0. The Morgan fingerprint density at radius 1 is 1.40 bits per heavy atom. The van der Waals surface area contributed by atoms with Crippen molar-refractivity contribution in [1.82, 2.24) is 0 Å². The van der Waals surface area contributed by atoms with Crippen LogP contribution in [-0.4, -0.2) is 0 Å². The highest BCUT2D eigenvalue weighted by atomic mass is 79.9. The molecule has 0 saturated carbocycles. The van der Waals surface area contributed by atoms with E-state index in [4.69, 9.17) is 11.0 Å². The van der Waals surface area contributed by atoms with Gasteiger partial charge in [0.05, 0.1) is 17.2 Å². The van der Waals surface area contributed by atoms with Gasteiger partial charge in [-0.05, 0) is 33.6 Å². The zero-order chi connectivity index (χ0) is 11.6. The number of halogens is 4. The van der Waals surface area contributed by atoms with Gasteiger partial charge in [0.15, 0.2) is 0 Å². The van der Waals surface area contributed by atoms with Crippen LogP contribution in [0.1, 0.15) is 16.7 Å². The van der Waals surface area contributed by atoms with Gasteiger partial charge in [0.1, 0.15) is 0 Å². The molecule has 0 fully saturated rings. The van der Waals surface area contributed by atoms with Crippen molar-refractivity contribution in [2.45, 2.75) is 12.7 Å². The largest absolute Gasteiger partial charge is 0.417 e. The molecule has 0 atom stereocenters. The second kappa shape index (κ2) is 4.21. The van der Waals surface area contributed by atoms with Gasteiger partial charge < -0.3 is 5.73 Å². The molecule has 0 saturated heterocycles. The van der Waals surface area contributed by atoms with Crippen molar-refractivity contribution in [2.75, 3.05) is 0 Å². The number of alkyl halides is 3. The van der Waals surface area contributed by atoms with Crippen LogP contribution in [0, 0.1) is 11.3 Å². The first-order chi connectivity index (χ1) is 6.91. The van der Waals surface area contributed by atoms with Gasteiger partial charge in [-0.15, -0.1) is 0 Å². The number of nitrogens with two attached hydrogens (primary N) is 1. The molecule has 0 aliphatic carbocycles. The van der Waals surface area contributed by atoms with Gasteiger partial charge in [-0.2, -0.15) is 18.4 Å². The van der Waals surface area contributed by atoms with Crippen LogP contribution in [0.4, 0.5) is 13.2 Å². The van der Waals surface area contributed by atoms with E-state index in [9.17, 15) is 13.2 Å². The van der Waals surface area contributed by atoms with E-state index in [0.29, 0.717) is 0 Å². The zero-order valence-corrected chi connectivity index (χ0v) is 8.98. The molecule has 0 aliphatic rings. The van der Waals surface area contributed by atoms with Crippen LogP contribution in [-0.2, 0) is 12.7 Å². The molecule has 0 amide bonds. The van der Waals surface area contributed by atoms with Crippen LogP contribution < -0.4 is 5.73 Å². The molecule has 80 valence electrons. The number of hydrogen-bond donors (Lipinski definition) is 1. The fourth-order valence-electron chi connectivity index (χ4n) is 1.14. The van der Waals surface area contributed by atoms with Crippen molar-refractivity contribution in [3.8, 4) is 6.07 Å². The van der Waals surface area contributed by atoms with Gasteiger partial charge in [-0.25, -0.2) is 0 Å². The Morgan fingerprint density at radius 2 is 2.00 bits per heavy atom.